The summed E-state index contributed by atoms with van der Waals surface area (Å²) >= 11 is 0. The van der Waals surface area contributed by atoms with Crippen LogP contribution in [-0.2, 0) is 38.5 Å². The molecular weight excluding hydrogens is 771 g/mol. The van der Waals surface area contributed by atoms with Crippen molar-refractivity contribution in [2.45, 2.75) is 56.3 Å². The minimum atomic E-state index is 0.342. The molecule has 0 fully saturated rings. The topological polar surface area (TPSA) is 3.24 Å². The van der Waals surface area contributed by atoms with E-state index in [1.165, 1.54) is 101 Å². The molecule has 0 N–H and O–H groups in total. The van der Waals surface area contributed by atoms with Gasteiger partial charge in [-0.1, -0.05) is 182 Å². The number of hydrogen-bond acceptors (Lipinski definition) is 1. The molecule has 0 saturated carbocycles. The van der Waals surface area contributed by atoms with E-state index in [0.29, 0.717) is 17.8 Å². The van der Waals surface area contributed by atoms with Gasteiger partial charge in [-0.15, -0.1) is 0 Å². The van der Waals surface area contributed by atoms with E-state index in [0.717, 1.165) is 38.5 Å². The maximum Gasteiger partial charge on any atom is 0.0461 e. The van der Waals surface area contributed by atoms with E-state index < -0.39 is 0 Å². The molecule has 308 valence electrons. The Morgan fingerprint density at radius 1 is 0.250 bits per heavy atom. The highest BCUT2D eigenvalue weighted by Gasteiger charge is 2.28. The first-order valence-corrected chi connectivity index (χ1v) is 23.2. The molecule has 3 aliphatic carbocycles. The maximum atomic E-state index is 2.44. The summed E-state index contributed by atoms with van der Waals surface area (Å²) in [5, 5.41) is 0. The molecule has 0 aromatic heterocycles. The van der Waals surface area contributed by atoms with Gasteiger partial charge in [-0.3, -0.25) is 0 Å². The minimum absolute atomic E-state index is 0.342. The summed E-state index contributed by atoms with van der Waals surface area (Å²) in [5.41, 5.74) is 25.1. The molecule has 1 heteroatoms. The van der Waals surface area contributed by atoms with E-state index in [4.69, 9.17) is 0 Å². The molecule has 9 aromatic rings. The largest absolute Gasteiger partial charge is 0.311 e. The molecule has 0 aliphatic heterocycles. The van der Waals surface area contributed by atoms with E-state index in [1.807, 2.05) is 0 Å². The monoisotopic (exact) mass is 821 g/mol. The molecule has 0 bridgehead atoms. The van der Waals surface area contributed by atoms with Crippen LogP contribution in [0.2, 0.25) is 0 Å². The van der Waals surface area contributed by atoms with E-state index in [-0.39, 0.29) is 0 Å². The average Bonchev–Trinajstić information content (AvgIpc) is 3.35. The molecule has 12 rings (SSSR count). The molecule has 0 heterocycles. The van der Waals surface area contributed by atoms with Crippen LogP contribution in [0.5, 0.6) is 0 Å². The van der Waals surface area contributed by atoms with Gasteiger partial charge in [0.1, 0.15) is 0 Å². The SMILES string of the molecule is c1ccc2c(c1)Cc1ccccc1C2Cc1ccc(N(c2ccc(CC3c4ccccc4Cc4ccccc43)cc2)c2ccc(CC3c4ccccc4Cc4ccccc43)cc2)cc1. The fourth-order valence-electron chi connectivity index (χ4n) is 11.5. The van der Waals surface area contributed by atoms with Crippen molar-refractivity contribution < 1.29 is 0 Å². The summed E-state index contributed by atoms with van der Waals surface area (Å²) in [6.07, 6.45) is 5.94. The first kappa shape index (κ1) is 38.5. The Labute approximate surface area is 378 Å². The van der Waals surface area contributed by atoms with Gasteiger partial charge in [0.05, 0.1) is 0 Å². The van der Waals surface area contributed by atoms with Gasteiger partial charge in [0.25, 0.3) is 0 Å². The van der Waals surface area contributed by atoms with E-state index in [9.17, 15) is 0 Å². The van der Waals surface area contributed by atoms with Crippen LogP contribution in [0, 0.1) is 0 Å². The highest BCUT2D eigenvalue weighted by molar-refractivity contribution is 5.77. The van der Waals surface area contributed by atoms with Gasteiger partial charge < -0.3 is 4.90 Å². The fourth-order valence-corrected chi connectivity index (χ4v) is 11.5. The number of benzene rings is 9. The Kier molecular flexibility index (Phi) is 9.90. The third-order valence-corrected chi connectivity index (χ3v) is 14.6. The van der Waals surface area contributed by atoms with Crippen LogP contribution in [0.3, 0.4) is 0 Å². The number of fused-ring (bicyclic) bond motifs is 6. The Hall–Kier alpha value is -7.22. The molecule has 0 spiro atoms. The van der Waals surface area contributed by atoms with Crippen molar-refractivity contribution in [2.75, 3.05) is 4.90 Å². The molecule has 64 heavy (non-hydrogen) atoms. The quantitative estimate of drug-likeness (QED) is 0.140. The second-order valence-electron chi connectivity index (χ2n) is 18.3. The molecule has 0 unspecified atom stereocenters. The van der Waals surface area contributed by atoms with Gasteiger partial charge in [0.15, 0.2) is 0 Å². The molecule has 0 amide bonds. The Balaban J connectivity index is 0.873. The van der Waals surface area contributed by atoms with Gasteiger partial charge in [-0.05, 0) is 158 Å². The van der Waals surface area contributed by atoms with Crippen LogP contribution in [-0.4, -0.2) is 0 Å². The van der Waals surface area contributed by atoms with Crippen LogP contribution in [0.1, 0.15) is 101 Å². The van der Waals surface area contributed by atoms with Crippen molar-refractivity contribution in [1.29, 1.82) is 0 Å². The van der Waals surface area contributed by atoms with Gasteiger partial charge in [-0.25, -0.2) is 0 Å². The Morgan fingerprint density at radius 3 is 0.672 bits per heavy atom. The maximum absolute atomic E-state index is 2.44. The van der Waals surface area contributed by atoms with Crippen LogP contribution >= 0.6 is 0 Å². The first-order valence-electron chi connectivity index (χ1n) is 23.2. The van der Waals surface area contributed by atoms with Gasteiger partial charge >= 0.3 is 0 Å². The molecular formula is C63H51N. The van der Waals surface area contributed by atoms with Gasteiger partial charge in [-0.2, -0.15) is 0 Å². The predicted molar refractivity (Wildman–Crippen MR) is 265 cm³/mol. The van der Waals surface area contributed by atoms with Crippen molar-refractivity contribution in [3.8, 4) is 0 Å². The second-order valence-corrected chi connectivity index (χ2v) is 18.3. The zero-order chi connectivity index (χ0) is 42.4. The summed E-state index contributed by atoms with van der Waals surface area (Å²) < 4.78 is 0. The van der Waals surface area contributed by atoms with Crippen molar-refractivity contribution in [3.63, 3.8) is 0 Å². The highest BCUT2D eigenvalue weighted by Crippen LogP contribution is 2.43. The molecule has 0 atom stereocenters. The number of rotatable bonds is 9. The van der Waals surface area contributed by atoms with E-state index in [2.05, 4.69) is 223 Å². The lowest BCUT2D eigenvalue weighted by Crippen LogP contribution is -2.16. The molecule has 9 aromatic carbocycles. The van der Waals surface area contributed by atoms with Gasteiger partial charge in [0.2, 0.25) is 0 Å². The molecule has 1 nitrogen and oxygen atoms in total. The lowest BCUT2D eigenvalue weighted by atomic mass is 9.75. The van der Waals surface area contributed by atoms with E-state index in [1.54, 1.807) is 0 Å². The lowest BCUT2D eigenvalue weighted by Gasteiger charge is -2.30. The zero-order valence-corrected chi connectivity index (χ0v) is 36.2. The number of nitrogens with zero attached hydrogens (tertiary/aromatic N) is 1. The van der Waals surface area contributed by atoms with Crippen molar-refractivity contribution >= 4 is 17.1 Å². The van der Waals surface area contributed by atoms with Crippen LogP contribution in [0.25, 0.3) is 0 Å². The summed E-state index contributed by atoms with van der Waals surface area (Å²) in [6, 6.07) is 82.5. The highest BCUT2D eigenvalue weighted by atomic mass is 15.1. The van der Waals surface area contributed by atoms with Crippen LogP contribution < -0.4 is 4.90 Å². The fraction of sp³-hybridized carbons (Fsp3) is 0.143. The molecule has 0 radical (unpaired) electrons. The minimum Gasteiger partial charge on any atom is -0.311 e. The van der Waals surface area contributed by atoms with E-state index >= 15 is 0 Å². The third kappa shape index (κ3) is 7.16. The number of anilines is 3. The standard InChI is InChI=1S/C63H51N/c1-7-19-55-46(13-1)40-47-14-2-8-20-56(47)61(55)37-43-25-31-52(32-26-43)64(53-33-27-44(28-34-53)38-62-57-21-9-3-15-48(57)41-49-16-4-10-22-58(49)62)54-35-29-45(30-36-54)39-63-59-23-11-5-17-50(59)42-51-18-6-12-24-60(51)63/h1-36,61-63H,37-42H2. The third-order valence-electron chi connectivity index (χ3n) is 14.6. The summed E-state index contributed by atoms with van der Waals surface area (Å²) in [5.74, 6) is 1.03. The predicted octanol–water partition coefficient (Wildman–Crippen LogP) is 15.0. The average molecular weight is 822 g/mol. The summed E-state index contributed by atoms with van der Waals surface area (Å²) in [6.45, 7) is 0. The molecule has 3 aliphatic rings. The Morgan fingerprint density at radius 2 is 0.453 bits per heavy atom. The lowest BCUT2D eigenvalue weighted by molar-refractivity contribution is 0.760. The smallest absolute Gasteiger partial charge is 0.0461 e. The number of hydrogen-bond donors (Lipinski definition) is 0. The summed E-state index contributed by atoms with van der Waals surface area (Å²) in [7, 11) is 0. The van der Waals surface area contributed by atoms with Crippen LogP contribution in [0.15, 0.2) is 218 Å². The van der Waals surface area contributed by atoms with Crippen LogP contribution in [0.4, 0.5) is 17.1 Å². The first-order chi connectivity index (χ1) is 31.7. The van der Waals surface area contributed by atoms with Crippen molar-refractivity contribution in [1.82, 2.24) is 0 Å². The van der Waals surface area contributed by atoms with Gasteiger partial charge in [0, 0.05) is 34.8 Å². The summed E-state index contributed by atoms with van der Waals surface area (Å²) in [4.78, 5) is 2.44. The zero-order valence-electron chi connectivity index (χ0n) is 36.2. The normalized spacial score (nSPS) is 14.1. The second kappa shape index (κ2) is 16.5. The Bertz CT molecular complexity index is 2640. The van der Waals surface area contributed by atoms with Crippen molar-refractivity contribution in [2.24, 2.45) is 0 Å². The van der Waals surface area contributed by atoms with Crippen molar-refractivity contribution in [3.05, 3.63) is 302 Å². The molecule has 0 saturated heterocycles.